The van der Waals surface area contributed by atoms with Crippen molar-refractivity contribution >= 4 is 0 Å². The van der Waals surface area contributed by atoms with Crippen LogP contribution in [0.25, 0.3) is 0 Å². The van der Waals surface area contributed by atoms with Crippen LogP contribution in [0.2, 0.25) is 0 Å². The van der Waals surface area contributed by atoms with Gasteiger partial charge in [-0.25, -0.2) is 8.78 Å². The first-order valence-corrected chi connectivity index (χ1v) is 4.65. The molecule has 0 aromatic rings. The number of nitrogens with two attached hydrogens (primary N) is 1. The van der Waals surface area contributed by atoms with Gasteiger partial charge in [0, 0.05) is 0 Å². The topological polar surface area (TPSA) is 26.0 Å². The van der Waals surface area contributed by atoms with Crippen molar-refractivity contribution in [3.63, 3.8) is 0 Å². The quantitative estimate of drug-likeness (QED) is 0.689. The molecule has 72 valence electrons. The largest absolute Gasteiger partial charge is 0.320 e. The molecule has 12 heavy (non-hydrogen) atoms. The van der Waals surface area contributed by atoms with Crippen LogP contribution in [0.3, 0.4) is 0 Å². The number of rotatable bonds is 2. The van der Waals surface area contributed by atoms with Gasteiger partial charge in [0.05, 0.1) is 5.54 Å². The summed E-state index contributed by atoms with van der Waals surface area (Å²) < 4.78 is 25.0. The third-order valence-corrected chi connectivity index (χ3v) is 2.94. The highest BCUT2D eigenvalue weighted by atomic mass is 19.3. The summed E-state index contributed by atoms with van der Waals surface area (Å²) in [5, 5.41) is 0. The molecule has 2 atom stereocenters. The zero-order valence-corrected chi connectivity index (χ0v) is 7.52. The van der Waals surface area contributed by atoms with Gasteiger partial charge in [-0.1, -0.05) is 26.2 Å². The lowest BCUT2D eigenvalue weighted by Crippen LogP contribution is -2.50. The molecule has 1 aliphatic rings. The van der Waals surface area contributed by atoms with Gasteiger partial charge in [0.15, 0.2) is 0 Å². The standard InChI is InChI=1S/C9H17F2N/c1-2-7-4-3-5-9(12,6-7)8(10)11/h7-8H,2-6,12H2,1H3. The van der Waals surface area contributed by atoms with E-state index in [1.165, 1.54) is 0 Å². The Morgan fingerprint density at radius 3 is 2.75 bits per heavy atom. The van der Waals surface area contributed by atoms with E-state index >= 15 is 0 Å². The maximum atomic E-state index is 12.5. The fraction of sp³-hybridized carbons (Fsp3) is 1.00. The lowest BCUT2D eigenvalue weighted by atomic mass is 9.75. The molecule has 1 fully saturated rings. The number of hydrogen-bond donors (Lipinski definition) is 1. The summed E-state index contributed by atoms with van der Waals surface area (Å²) in [6, 6.07) is 0. The average Bonchev–Trinajstić information content (AvgIpc) is 2.04. The summed E-state index contributed by atoms with van der Waals surface area (Å²) >= 11 is 0. The van der Waals surface area contributed by atoms with Gasteiger partial charge in [-0.2, -0.15) is 0 Å². The number of halogens is 2. The number of alkyl halides is 2. The first-order valence-electron chi connectivity index (χ1n) is 4.65. The second-order valence-electron chi connectivity index (χ2n) is 3.90. The van der Waals surface area contributed by atoms with E-state index in [2.05, 4.69) is 0 Å². The maximum Gasteiger partial charge on any atom is 0.256 e. The number of hydrogen-bond acceptors (Lipinski definition) is 1. The van der Waals surface area contributed by atoms with Crippen molar-refractivity contribution < 1.29 is 8.78 Å². The molecule has 0 heterocycles. The molecule has 0 spiro atoms. The molecule has 0 amide bonds. The van der Waals surface area contributed by atoms with Gasteiger partial charge in [-0.3, -0.25) is 0 Å². The minimum atomic E-state index is -2.35. The SMILES string of the molecule is CCC1CCCC(N)(C(F)F)C1. The molecule has 0 radical (unpaired) electrons. The van der Waals surface area contributed by atoms with E-state index in [0.29, 0.717) is 18.8 Å². The molecular formula is C9H17F2N. The zero-order chi connectivity index (χ0) is 9.19. The highest BCUT2D eigenvalue weighted by molar-refractivity contribution is 4.92. The van der Waals surface area contributed by atoms with E-state index < -0.39 is 12.0 Å². The Morgan fingerprint density at radius 2 is 2.25 bits per heavy atom. The summed E-state index contributed by atoms with van der Waals surface area (Å²) in [7, 11) is 0. The van der Waals surface area contributed by atoms with Gasteiger partial charge in [0.2, 0.25) is 0 Å². The molecule has 3 heteroatoms. The van der Waals surface area contributed by atoms with Crippen LogP contribution in [0.15, 0.2) is 0 Å². The van der Waals surface area contributed by atoms with Crippen molar-refractivity contribution in [2.75, 3.05) is 0 Å². The van der Waals surface area contributed by atoms with Crippen molar-refractivity contribution in [1.82, 2.24) is 0 Å². The second-order valence-corrected chi connectivity index (χ2v) is 3.90. The lowest BCUT2D eigenvalue weighted by Gasteiger charge is -2.36. The highest BCUT2D eigenvalue weighted by Crippen LogP contribution is 2.35. The molecule has 0 aromatic carbocycles. The first kappa shape index (κ1) is 9.90. The van der Waals surface area contributed by atoms with Crippen LogP contribution in [0.5, 0.6) is 0 Å². The van der Waals surface area contributed by atoms with E-state index in [9.17, 15) is 8.78 Å². The van der Waals surface area contributed by atoms with Gasteiger partial charge in [-0.15, -0.1) is 0 Å². The molecule has 2 N–H and O–H groups in total. The molecule has 1 aliphatic carbocycles. The summed E-state index contributed by atoms with van der Waals surface area (Å²) in [6.07, 6.45) is 1.54. The Balaban J connectivity index is 2.54. The zero-order valence-electron chi connectivity index (χ0n) is 7.52. The predicted octanol–water partition coefficient (Wildman–Crippen LogP) is 2.55. The molecule has 1 nitrogen and oxygen atoms in total. The van der Waals surface area contributed by atoms with Crippen LogP contribution in [0, 0.1) is 5.92 Å². The highest BCUT2D eigenvalue weighted by Gasteiger charge is 2.39. The van der Waals surface area contributed by atoms with E-state index in [0.717, 1.165) is 19.3 Å². The summed E-state index contributed by atoms with van der Waals surface area (Å²) in [4.78, 5) is 0. The predicted molar refractivity (Wildman–Crippen MR) is 45.2 cm³/mol. The fourth-order valence-electron chi connectivity index (χ4n) is 2.01. The van der Waals surface area contributed by atoms with E-state index in [1.54, 1.807) is 0 Å². The van der Waals surface area contributed by atoms with Gasteiger partial charge >= 0.3 is 0 Å². The molecule has 1 saturated carbocycles. The minimum absolute atomic E-state index is 0.415. The molecule has 1 rings (SSSR count). The van der Waals surface area contributed by atoms with Gasteiger partial charge in [-0.05, 0) is 18.8 Å². The van der Waals surface area contributed by atoms with Crippen LogP contribution >= 0.6 is 0 Å². The first-order chi connectivity index (χ1) is 5.58. The third kappa shape index (κ3) is 1.94. The van der Waals surface area contributed by atoms with Crippen LogP contribution in [0.4, 0.5) is 8.78 Å². The minimum Gasteiger partial charge on any atom is -0.320 e. The smallest absolute Gasteiger partial charge is 0.256 e. The van der Waals surface area contributed by atoms with Crippen LogP contribution < -0.4 is 5.73 Å². The van der Waals surface area contributed by atoms with E-state index in [-0.39, 0.29) is 0 Å². The summed E-state index contributed by atoms with van der Waals surface area (Å²) in [5.74, 6) is 0.415. The molecule has 0 bridgehead atoms. The van der Waals surface area contributed by atoms with Crippen molar-refractivity contribution in [3.8, 4) is 0 Å². The fourth-order valence-corrected chi connectivity index (χ4v) is 2.01. The summed E-state index contributed by atoms with van der Waals surface area (Å²) in [6.45, 7) is 2.04. The van der Waals surface area contributed by atoms with E-state index in [1.807, 2.05) is 6.92 Å². The maximum absolute atomic E-state index is 12.5. The van der Waals surface area contributed by atoms with Crippen molar-refractivity contribution in [3.05, 3.63) is 0 Å². The monoisotopic (exact) mass is 177 g/mol. The average molecular weight is 177 g/mol. The Kier molecular flexibility index (Phi) is 3.04. The van der Waals surface area contributed by atoms with Crippen molar-refractivity contribution in [2.24, 2.45) is 11.7 Å². The molecular weight excluding hydrogens is 160 g/mol. The molecule has 0 aliphatic heterocycles. The Hall–Kier alpha value is -0.180. The van der Waals surface area contributed by atoms with Crippen molar-refractivity contribution in [2.45, 2.75) is 51.0 Å². The van der Waals surface area contributed by atoms with Gasteiger partial charge in [0.25, 0.3) is 6.43 Å². The normalized spacial score (nSPS) is 37.2. The molecule has 0 aromatic heterocycles. The van der Waals surface area contributed by atoms with Crippen LogP contribution in [-0.4, -0.2) is 12.0 Å². The van der Waals surface area contributed by atoms with Crippen LogP contribution in [0.1, 0.15) is 39.0 Å². The molecule has 2 unspecified atom stereocenters. The Bertz CT molecular complexity index is 149. The Morgan fingerprint density at radius 1 is 1.58 bits per heavy atom. The van der Waals surface area contributed by atoms with Crippen LogP contribution in [-0.2, 0) is 0 Å². The third-order valence-electron chi connectivity index (χ3n) is 2.94. The van der Waals surface area contributed by atoms with Gasteiger partial charge < -0.3 is 5.73 Å². The second kappa shape index (κ2) is 3.69. The summed E-state index contributed by atoms with van der Waals surface area (Å²) in [5.41, 5.74) is 4.44. The van der Waals surface area contributed by atoms with Gasteiger partial charge in [0.1, 0.15) is 0 Å². The Labute approximate surface area is 72.3 Å². The molecule has 0 saturated heterocycles. The lowest BCUT2D eigenvalue weighted by molar-refractivity contribution is 0.0169. The van der Waals surface area contributed by atoms with Crippen molar-refractivity contribution in [1.29, 1.82) is 0 Å². The van der Waals surface area contributed by atoms with E-state index in [4.69, 9.17) is 5.73 Å².